The molecule has 1 aliphatic rings. The Kier molecular flexibility index (Phi) is 4.23. The Balaban J connectivity index is 2.45. The van der Waals surface area contributed by atoms with Gasteiger partial charge in [-0.2, -0.15) is 0 Å². The number of rotatable bonds is 3. The lowest BCUT2D eigenvalue weighted by Gasteiger charge is -2.24. The number of nitrogens with zero attached hydrogens (tertiary/aromatic N) is 1. The van der Waals surface area contributed by atoms with Gasteiger partial charge in [0, 0.05) is 18.2 Å². The number of ether oxygens (including phenoxy) is 1. The summed E-state index contributed by atoms with van der Waals surface area (Å²) in [5, 5.41) is 10.9. The Hall–Kier alpha value is -0.970. The maximum Gasteiger partial charge on any atom is 0.179 e. The van der Waals surface area contributed by atoms with Crippen LogP contribution in [0.3, 0.4) is 0 Å². The van der Waals surface area contributed by atoms with Gasteiger partial charge in [-0.05, 0) is 44.5 Å². The lowest BCUT2D eigenvalue weighted by Crippen LogP contribution is -2.21. The molecule has 2 atom stereocenters. The van der Waals surface area contributed by atoms with E-state index in [0.717, 1.165) is 24.1 Å². The van der Waals surface area contributed by atoms with Gasteiger partial charge in [0.05, 0.1) is 12.1 Å². The summed E-state index contributed by atoms with van der Waals surface area (Å²) in [5.74, 6) is 0.976. The van der Waals surface area contributed by atoms with Crippen LogP contribution in [0.4, 0.5) is 0 Å². The standard InChI is InChI=1S/C14H21ClN2O2/c1-8-4-10(15)14(19-3)13(18)12(8)11-5-9(6-16)7-17(11)2/h4,9,11,18H,5-7,16H2,1-3H3. The molecule has 1 heterocycles. The van der Waals surface area contributed by atoms with Crippen molar-refractivity contribution >= 4 is 11.6 Å². The number of hydrogen-bond acceptors (Lipinski definition) is 4. The van der Waals surface area contributed by atoms with E-state index in [1.54, 1.807) is 0 Å². The first-order valence-corrected chi connectivity index (χ1v) is 6.83. The van der Waals surface area contributed by atoms with Gasteiger partial charge in [0.2, 0.25) is 0 Å². The van der Waals surface area contributed by atoms with Crippen molar-refractivity contribution < 1.29 is 9.84 Å². The SMILES string of the molecule is COc1c(Cl)cc(C)c(C2CC(CN)CN2C)c1O. The fourth-order valence-corrected chi connectivity index (χ4v) is 3.31. The van der Waals surface area contributed by atoms with Gasteiger partial charge in [0.25, 0.3) is 0 Å². The minimum atomic E-state index is 0.155. The summed E-state index contributed by atoms with van der Waals surface area (Å²) in [5.41, 5.74) is 7.64. The Morgan fingerprint density at radius 3 is 2.79 bits per heavy atom. The monoisotopic (exact) mass is 284 g/mol. The number of benzene rings is 1. The van der Waals surface area contributed by atoms with Crippen LogP contribution in [0.25, 0.3) is 0 Å². The molecule has 0 aromatic heterocycles. The van der Waals surface area contributed by atoms with E-state index in [0.29, 0.717) is 23.2 Å². The van der Waals surface area contributed by atoms with Gasteiger partial charge in [-0.25, -0.2) is 0 Å². The molecule has 0 spiro atoms. The van der Waals surface area contributed by atoms with E-state index in [2.05, 4.69) is 11.9 Å². The van der Waals surface area contributed by atoms with Gasteiger partial charge in [-0.1, -0.05) is 11.6 Å². The third kappa shape index (κ3) is 2.53. The molecule has 0 radical (unpaired) electrons. The minimum Gasteiger partial charge on any atom is -0.504 e. The van der Waals surface area contributed by atoms with Crippen molar-refractivity contribution in [3.8, 4) is 11.5 Å². The molecule has 19 heavy (non-hydrogen) atoms. The molecule has 1 fully saturated rings. The van der Waals surface area contributed by atoms with E-state index in [-0.39, 0.29) is 11.8 Å². The molecular formula is C14H21ClN2O2. The Morgan fingerprint density at radius 1 is 1.58 bits per heavy atom. The molecule has 1 aromatic rings. The summed E-state index contributed by atoms with van der Waals surface area (Å²) in [7, 11) is 3.57. The van der Waals surface area contributed by atoms with E-state index < -0.39 is 0 Å². The molecule has 2 rings (SSSR count). The highest BCUT2D eigenvalue weighted by Gasteiger charge is 2.33. The number of nitrogens with two attached hydrogens (primary N) is 1. The molecule has 106 valence electrons. The summed E-state index contributed by atoms with van der Waals surface area (Å²) in [4.78, 5) is 2.23. The van der Waals surface area contributed by atoms with Gasteiger partial charge in [0.1, 0.15) is 0 Å². The zero-order chi connectivity index (χ0) is 14.2. The van der Waals surface area contributed by atoms with Crippen molar-refractivity contribution in [3.05, 3.63) is 22.2 Å². The molecule has 1 aliphatic heterocycles. The second kappa shape index (κ2) is 5.57. The van der Waals surface area contributed by atoms with E-state index in [1.807, 2.05) is 13.0 Å². The fourth-order valence-electron chi connectivity index (χ4n) is 2.98. The van der Waals surface area contributed by atoms with Gasteiger partial charge in [0.15, 0.2) is 11.5 Å². The molecule has 0 bridgehead atoms. The van der Waals surface area contributed by atoms with Crippen molar-refractivity contribution in [3.63, 3.8) is 0 Å². The lowest BCUT2D eigenvalue weighted by molar-refractivity contribution is 0.299. The van der Waals surface area contributed by atoms with Crippen LogP contribution < -0.4 is 10.5 Å². The predicted octanol–water partition coefficient (Wildman–Crippen LogP) is 2.31. The summed E-state index contributed by atoms with van der Waals surface area (Å²) in [6, 6.07) is 2.01. The lowest BCUT2D eigenvalue weighted by atomic mass is 9.95. The van der Waals surface area contributed by atoms with Crippen LogP contribution in [0.2, 0.25) is 5.02 Å². The van der Waals surface area contributed by atoms with Gasteiger partial charge in [-0.3, -0.25) is 4.90 Å². The summed E-state index contributed by atoms with van der Waals surface area (Å²) in [6.45, 7) is 3.58. The van der Waals surface area contributed by atoms with Crippen molar-refractivity contribution in [2.24, 2.45) is 11.7 Å². The quantitative estimate of drug-likeness (QED) is 0.894. The number of hydrogen-bond donors (Lipinski definition) is 2. The minimum absolute atomic E-state index is 0.155. The fraction of sp³-hybridized carbons (Fsp3) is 0.571. The van der Waals surface area contributed by atoms with Crippen molar-refractivity contribution in [2.75, 3.05) is 27.2 Å². The molecule has 1 saturated heterocycles. The Labute approximate surface area is 119 Å². The third-order valence-corrected chi connectivity index (χ3v) is 4.24. The maximum absolute atomic E-state index is 10.4. The number of likely N-dealkylation sites (tertiary alicyclic amines) is 1. The molecule has 4 nitrogen and oxygen atoms in total. The van der Waals surface area contributed by atoms with Gasteiger partial charge >= 0.3 is 0 Å². The van der Waals surface area contributed by atoms with Crippen molar-refractivity contribution in [1.29, 1.82) is 0 Å². The van der Waals surface area contributed by atoms with Crippen LogP contribution in [0.15, 0.2) is 6.07 Å². The summed E-state index contributed by atoms with van der Waals surface area (Å²) in [6.07, 6.45) is 0.951. The zero-order valence-electron chi connectivity index (χ0n) is 11.6. The van der Waals surface area contributed by atoms with Gasteiger partial charge in [-0.15, -0.1) is 0 Å². The smallest absolute Gasteiger partial charge is 0.179 e. The van der Waals surface area contributed by atoms with Crippen molar-refractivity contribution in [1.82, 2.24) is 4.90 Å². The normalized spacial score (nSPS) is 23.8. The molecule has 0 aliphatic carbocycles. The first-order valence-electron chi connectivity index (χ1n) is 6.45. The molecule has 5 heteroatoms. The average molecular weight is 285 g/mol. The molecule has 3 N–H and O–H groups in total. The molecular weight excluding hydrogens is 264 g/mol. The number of phenols is 1. The van der Waals surface area contributed by atoms with Crippen LogP contribution in [-0.2, 0) is 0 Å². The first kappa shape index (κ1) is 14.4. The van der Waals surface area contributed by atoms with Crippen LogP contribution in [-0.4, -0.2) is 37.3 Å². The highest BCUT2D eigenvalue weighted by atomic mass is 35.5. The van der Waals surface area contributed by atoms with Crippen LogP contribution in [0.1, 0.15) is 23.6 Å². The number of phenolic OH excluding ortho intramolecular Hbond substituents is 1. The third-order valence-electron chi connectivity index (χ3n) is 3.96. The summed E-state index contributed by atoms with van der Waals surface area (Å²) < 4.78 is 5.19. The molecule has 0 amide bonds. The molecule has 2 unspecified atom stereocenters. The van der Waals surface area contributed by atoms with E-state index >= 15 is 0 Å². The van der Waals surface area contributed by atoms with Crippen LogP contribution in [0.5, 0.6) is 11.5 Å². The zero-order valence-corrected chi connectivity index (χ0v) is 12.4. The van der Waals surface area contributed by atoms with Crippen molar-refractivity contribution in [2.45, 2.75) is 19.4 Å². The number of methoxy groups -OCH3 is 1. The van der Waals surface area contributed by atoms with E-state index in [4.69, 9.17) is 22.1 Å². The van der Waals surface area contributed by atoms with Gasteiger partial charge < -0.3 is 15.6 Å². The number of halogens is 1. The van der Waals surface area contributed by atoms with Crippen LogP contribution in [0, 0.1) is 12.8 Å². The number of aromatic hydroxyl groups is 1. The first-order chi connectivity index (χ1) is 8.99. The highest BCUT2D eigenvalue weighted by Crippen LogP contribution is 2.46. The van der Waals surface area contributed by atoms with E-state index in [1.165, 1.54) is 7.11 Å². The Morgan fingerprint density at radius 2 is 2.26 bits per heavy atom. The Bertz CT molecular complexity index is 479. The highest BCUT2D eigenvalue weighted by molar-refractivity contribution is 6.32. The maximum atomic E-state index is 10.4. The topological polar surface area (TPSA) is 58.7 Å². The molecule has 0 saturated carbocycles. The second-order valence-corrected chi connectivity index (χ2v) is 5.67. The predicted molar refractivity (Wildman–Crippen MR) is 76.9 cm³/mol. The number of aryl methyl sites for hydroxylation is 1. The van der Waals surface area contributed by atoms with Crippen LogP contribution >= 0.6 is 11.6 Å². The molecule has 1 aromatic carbocycles. The second-order valence-electron chi connectivity index (χ2n) is 5.26. The largest absolute Gasteiger partial charge is 0.504 e. The van der Waals surface area contributed by atoms with E-state index in [9.17, 15) is 5.11 Å². The summed E-state index contributed by atoms with van der Waals surface area (Å²) >= 11 is 6.09. The average Bonchev–Trinajstić information content (AvgIpc) is 2.71.